The predicted molar refractivity (Wildman–Crippen MR) is 56.1 cm³/mol. The molecule has 0 bridgehead atoms. The first-order valence-electron chi connectivity index (χ1n) is 5.13. The van der Waals surface area contributed by atoms with Gasteiger partial charge < -0.3 is 21.3 Å². The summed E-state index contributed by atoms with van der Waals surface area (Å²) in [6.45, 7) is 3.72. The van der Waals surface area contributed by atoms with Crippen LogP contribution in [0.4, 0.5) is 4.79 Å². The van der Waals surface area contributed by atoms with Gasteiger partial charge in [0.25, 0.3) is 0 Å². The summed E-state index contributed by atoms with van der Waals surface area (Å²) in [6, 6.07) is 0.149. The fourth-order valence-electron chi connectivity index (χ4n) is 1.67. The molecule has 1 fully saturated rings. The summed E-state index contributed by atoms with van der Waals surface area (Å²) in [5.41, 5.74) is 4.95. The van der Waals surface area contributed by atoms with Crippen molar-refractivity contribution in [2.45, 2.75) is 18.9 Å². The normalized spacial score (nSPS) is 19.5. The number of primary amides is 1. The SMILES string of the molecule is CN1CCC(NCCNC(N)=O)CC1. The van der Waals surface area contributed by atoms with Crippen LogP contribution in [-0.2, 0) is 0 Å². The highest BCUT2D eigenvalue weighted by Crippen LogP contribution is 2.07. The molecule has 1 heterocycles. The average Bonchev–Trinajstić information content (AvgIpc) is 2.15. The number of urea groups is 1. The summed E-state index contributed by atoms with van der Waals surface area (Å²) in [4.78, 5) is 12.7. The van der Waals surface area contributed by atoms with Crippen molar-refractivity contribution in [1.29, 1.82) is 0 Å². The number of rotatable bonds is 4. The third kappa shape index (κ3) is 4.43. The highest BCUT2D eigenvalue weighted by molar-refractivity contribution is 5.71. The molecule has 0 aliphatic carbocycles. The topological polar surface area (TPSA) is 70.4 Å². The summed E-state index contributed by atoms with van der Waals surface area (Å²) in [5, 5.41) is 5.96. The molecule has 5 nitrogen and oxygen atoms in total. The van der Waals surface area contributed by atoms with Gasteiger partial charge in [0.15, 0.2) is 0 Å². The Morgan fingerprint density at radius 3 is 2.64 bits per heavy atom. The van der Waals surface area contributed by atoms with Gasteiger partial charge in [-0.05, 0) is 33.0 Å². The third-order valence-corrected chi connectivity index (χ3v) is 2.58. The molecule has 1 aliphatic rings. The van der Waals surface area contributed by atoms with Crippen LogP contribution in [0.2, 0.25) is 0 Å². The molecular formula is C9H20N4O. The minimum atomic E-state index is -0.449. The number of carbonyl (C=O) groups is 1. The van der Waals surface area contributed by atoms with Crippen LogP contribution >= 0.6 is 0 Å². The van der Waals surface area contributed by atoms with Crippen LogP contribution < -0.4 is 16.4 Å². The van der Waals surface area contributed by atoms with Gasteiger partial charge in [0.1, 0.15) is 0 Å². The summed E-state index contributed by atoms with van der Waals surface area (Å²) >= 11 is 0. The van der Waals surface area contributed by atoms with Gasteiger partial charge in [-0.1, -0.05) is 0 Å². The second-order valence-corrected chi connectivity index (χ2v) is 3.82. The van der Waals surface area contributed by atoms with Crippen LogP contribution in [0.25, 0.3) is 0 Å². The molecule has 0 atom stereocenters. The maximum Gasteiger partial charge on any atom is 0.312 e. The van der Waals surface area contributed by atoms with E-state index in [0.29, 0.717) is 12.6 Å². The van der Waals surface area contributed by atoms with Crippen molar-refractivity contribution >= 4 is 6.03 Å². The van der Waals surface area contributed by atoms with Crippen LogP contribution in [0.1, 0.15) is 12.8 Å². The Morgan fingerprint density at radius 2 is 2.07 bits per heavy atom. The molecular weight excluding hydrogens is 180 g/mol. The number of hydrogen-bond acceptors (Lipinski definition) is 3. The molecule has 1 saturated heterocycles. The van der Waals surface area contributed by atoms with Crippen molar-refractivity contribution in [2.75, 3.05) is 33.2 Å². The number of nitrogens with one attached hydrogen (secondary N) is 2. The van der Waals surface area contributed by atoms with E-state index in [1.54, 1.807) is 0 Å². The minimum absolute atomic E-state index is 0.449. The number of likely N-dealkylation sites (tertiary alicyclic amines) is 1. The molecule has 1 aliphatic heterocycles. The summed E-state index contributed by atoms with van der Waals surface area (Å²) in [7, 11) is 2.14. The minimum Gasteiger partial charge on any atom is -0.352 e. The molecule has 0 unspecified atom stereocenters. The van der Waals surface area contributed by atoms with Crippen LogP contribution in [-0.4, -0.2) is 50.2 Å². The van der Waals surface area contributed by atoms with Crippen LogP contribution in [0, 0.1) is 0 Å². The number of carbonyl (C=O) groups excluding carboxylic acids is 1. The zero-order valence-corrected chi connectivity index (χ0v) is 8.75. The average molecular weight is 200 g/mol. The lowest BCUT2D eigenvalue weighted by atomic mass is 10.1. The molecule has 1 rings (SSSR count). The van der Waals surface area contributed by atoms with Gasteiger partial charge in [0, 0.05) is 19.1 Å². The van der Waals surface area contributed by atoms with E-state index in [1.807, 2.05) is 0 Å². The van der Waals surface area contributed by atoms with Gasteiger partial charge in [-0.15, -0.1) is 0 Å². The highest BCUT2D eigenvalue weighted by Gasteiger charge is 2.15. The fourth-order valence-corrected chi connectivity index (χ4v) is 1.67. The first kappa shape index (κ1) is 11.3. The van der Waals surface area contributed by atoms with Gasteiger partial charge in [0.2, 0.25) is 0 Å². The van der Waals surface area contributed by atoms with Crippen LogP contribution in [0.3, 0.4) is 0 Å². The lowest BCUT2D eigenvalue weighted by Gasteiger charge is -2.29. The van der Waals surface area contributed by atoms with E-state index in [0.717, 1.165) is 19.6 Å². The van der Waals surface area contributed by atoms with Crippen molar-refractivity contribution in [3.05, 3.63) is 0 Å². The van der Waals surface area contributed by atoms with Gasteiger partial charge >= 0.3 is 6.03 Å². The maximum absolute atomic E-state index is 10.4. The van der Waals surface area contributed by atoms with Crippen LogP contribution in [0.15, 0.2) is 0 Å². The van der Waals surface area contributed by atoms with Gasteiger partial charge in [-0.3, -0.25) is 0 Å². The highest BCUT2D eigenvalue weighted by atomic mass is 16.2. The monoisotopic (exact) mass is 200 g/mol. The molecule has 2 amide bonds. The van der Waals surface area contributed by atoms with E-state index >= 15 is 0 Å². The summed E-state index contributed by atoms with van der Waals surface area (Å²) < 4.78 is 0. The molecule has 0 aromatic carbocycles. The molecule has 14 heavy (non-hydrogen) atoms. The van der Waals surface area contributed by atoms with Crippen molar-refractivity contribution in [1.82, 2.24) is 15.5 Å². The largest absolute Gasteiger partial charge is 0.352 e. The number of nitrogens with two attached hydrogens (primary N) is 1. The Morgan fingerprint density at radius 1 is 1.43 bits per heavy atom. The van der Waals surface area contributed by atoms with Crippen molar-refractivity contribution in [2.24, 2.45) is 5.73 Å². The van der Waals surface area contributed by atoms with Crippen LogP contribution in [0.5, 0.6) is 0 Å². The van der Waals surface area contributed by atoms with E-state index in [1.165, 1.54) is 12.8 Å². The molecule has 82 valence electrons. The molecule has 5 heteroatoms. The standard InChI is InChI=1S/C9H20N4O/c1-13-6-2-8(3-7-13)11-4-5-12-9(10)14/h8,11H,2-7H2,1H3,(H3,10,12,14). The quantitative estimate of drug-likeness (QED) is 0.528. The van der Waals surface area contributed by atoms with Gasteiger partial charge in [-0.2, -0.15) is 0 Å². The van der Waals surface area contributed by atoms with Crippen molar-refractivity contribution in [3.63, 3.8) is 0 Å². The van der Waals surface area contributed by atoms with Crippen molar-refractivity contribution < 1.29 is 4.79 Å². The second-order valence-electron chi connectivity index (χ2n) is 3.82. The number of nitrogens with zero attached hydrogens (tertiary/aromatic N) is 1. The lowest BCUT2D eigenvalue weighted by molar-refractivity contribution is 0.233. The molecule has 0 radical (unpaired) electrons. The van der Waals surface area contributed by atoms with E-state index in [2.05, 4.69) is 22.6 Å². The molecule has 0 saturated carbocycles. The third-order valence-electron chi connectivity index (χ3n) is 2.58. The Balaban J connectivity index is 1.99. The first-order chi connectivity index (χ1) is 6.68. The van der Waals surface area contributed by atoms with E-state index in [-0.39, 0.29) is 0 Å². The summed E-state index contributed by atoms with van der Waals surface area (Å²) in [5.74, 6) is 0. The first-order valence-corrected chi connectivity index (χ1v) is 5.13. The van der Waals surface area contributed by atoms with E-state index < -0.39 is 6.03 Å². The Labute approximate surface area is 85.0 Å². The molecule has 0 spiro atoms. The lowest BCUT2D eigenvalue weighted by Crippen LogP contribution is -2.44. The molecule has 0 aromatic rings. The number of amides is 2. The second kappa shape index (κ2) is 5.82. The van der Waals surface area contributed by atoms with Gasteiger partial charge in [-0.25, -0.2) is 4.79 Å². The number of piperidine rings is 1. The smallest absolute Gasteiger partial charge is 0.312 e. The Bertz CT molecular complexity index is 178. The predicted octanol–water partition coefficient (Wildman–Crippen LogP) is -0.661. The van der Waals surface area contributed by atoms with E-state index in [9.17, 15) is 4.79 Å². The molecule has 4 N–H and O–H groups in total. The van der Waals surface area contributed by atoms with Crippen molar-refractivity contribution in [3.8, 4) is 0 Å². The number of hydrogen-bond donors (Lipinski definition) is 3. The zero-order chi connectivity index (χ0) is 10.4. The Kier molecular flexibility index (Phi) is 4.69. The van der Waals surface area contributed by atoms with E-state index in [4.69, 9.17) is 5.73 Å². The van der Waals surface area contributed by atoms with Gasteiger partial charge in [0.05, 0.1) is 0 Å². The zero-order valence-electron chi connectivity index (χ0n) is 8.75. The molecule has 0 aromatic heterocycles. The summed E-state index contributed by atoms with van der Waals surface area (Å²) in [6.07, 6.45) is 2.38. The fraction of sp³-hybridized carbons (Fsp3) is 0.889. The maximum atomic E-state index is 10.4. The Hall–Kier alpha value is -0.810.